The van der Waals surface area contributed by atoms with Gasteiger partial charge in [0, 0.05) is 42.5 Å². The molecule has 4 rings (SSSR count). The summed E-state index contributed by atoms with van der Waals surface area (Å²) in [5.74, 6) is -1.40. The Morgan fingerprint density at radius 3 is 2.39 bits per heavy atom. The summed E-state index contributed by atoms with van der Waals surface area (Å²) in [6, 6.07) is 20.0. The molecule has 1 fully saturated rings. The molecule has 2 unspecified atom stereocenters. The van der Waals surface area contributed by atoms with E-state index in [2.05, 4.69) is 63.7 Å². The zero-order valence-corrected chi connectivity index (χ0v) is 21.8. The fourth-order valence-electron chi connectivity index (χ4n) is 5.28. The van der Waals surface area contributed by atoms with Crippen LogP contribution in [0.25, 0.3) is 0 Å². The van der Waals surface area contributed by atoms with E-state index in [4.69, 9.17) is 5.11 Å². The Morgan fingerprint density at radius 1 is 1.05 bits per heavy atom. The summed E-state index contributed by atoms with van der Waals surface area (Å²) in [6.07, 6.45) is 3.63. The molecule has 2 N–H and O–H groups in total. The third-order valence-corrected chi connectivity index (χ3v) is 7.40. The maximum absolute atomic E-state index is 12.2. The van der Waals surface area contributed by atoms with Crippen molar-refractivity contribution in [2.45, 2.75) is 45.1 Å². The largest absolute Gasteiger partial charge is 0.480 e. The average molecular weight is 515 g/mol. The smallest absolute Gasteiger partial charge is 0.322 e. The van der Waals surface area contributed by atoms with Crippen molar-refractivity contribution >= 4 is 17.6 Å². The molecule has 198 valence electrons. The van der Waals surface area contributed by atoms with Crippen LogP contribution >= 0.6 is 0 Å². The van der Waals surface area contributed by atoms with Gasteiger partial charge in [-0.1, -0.05) is 41.6 Å². The number of aryl methyl sites for hydroxylation is 2. The van der Waals surface area contributed by atoms with Crippen LogP contribution in [0, 0.1) is 24.7 Å². The summed E-state index contributed by atoms with van der Waals surface area (Å²) >= 11 is 0. The quantitative estimate of drug-likeness (QED) is 0.362. The first-order valence-electron chi connectivity index (χ1n) is 13.0. The van der Waals surface area contributed by atoms with Crippen LogP contribution in [0.3, 0.4) is 0 Å². The number of piperidine rings is 1. The number of aromatic nitrogens is 1. The number of carboxylic acid groups (broad SMARTS) is 1. The third-order valence-electron chi connectivity index (χ3n) is 7.40. The van der Waals surface area contributed by atoms with E-state index in [1.165, 1.54) is 11.1 Å². The van der Waals surface area contributed by atoms with Gasteiger partial charge in [-0.3, -0.25) is 14.6 Å². The van der Waals surface area contributed by atoms with Gasteiger partial charge in [0.15, 0.2) is 0 Å². The number of anilines is 1. The molecule has 38 heavy (non-hydrogen) atoms. The molecule has 0 radical (unpaired) electrons. The van der Waals surface area contributed by atoms with Crippen molar-refractivity contribution in [2.24, 2.45) is 11.1 Å². The second-order valence-electron chi connectivity index (χ2n) is 9.96. The average Bonchev–Trinajstić information content (AvgIpc) is 2.93. The van der Waals surface area contributed by atoms with Gasteiger partial charge in [0.05, 0.1) is 0 Å². The number of nitrogens with one attached hydrogen (secondary N) is 1. The minimum atomic E-state index is -1.04. The highest BCUT2D eigenvalue weighted by atomic mass is 16.4. The zero-order valence-electron chi connectivity index (χ0n) is 21.8. The summed E-state index contributed by atoms with van der Waals surface area (Å²) in [7, 11) is 0. The van der Waals surface area contributed by atoms with Crippen molar-refractivity contribution in [3.63, 3.8) is 0 Å². The van der Waals surface area contributed by atoms with Crippen molar-refractivity contribution in [1.82, 2.24) is 10.3 Å². The summed E-state index contributed by atoms with van der Waals surface area (Å²) < 4.78 is 0. The molecule has 2 aromatic carbocycles. The van der Waals surface area contributed by atoms with E-state index in [9.17, 15) is 14.5 Å². The van der Waals surface area contributed by atoms with E-state index in [0.717, 1.165) is 35.6 Å². The van der Waals surface area contributed by atoms with Crippen LogP contribution in [0.15, 0.2) is 72.0 Å². The molecule has 3 aromatic rings. The molecule has 0 bridgehead atoms. The van der Waals surface area contributed by atoms with Crippen molar-refractivity contribution in [1.29, 1.82) is 0 Å². The molecule has 8 nitrogen and oxygen atoms in total. The van der Waals surface area contributed by atoms with Gasteiger partial charge in [0.1, 0.15) is 12.6 Å². The minimum absolute atomic E-state index is 0.00918. The van der Waals surface area contributed by atoms with E-state index < -0.39 is 12.0 Å². The second kappa shape index (κ2) is 12.4. The van der Waals surface area contributed by atoms with Crippen LogP contribution in [-0.2, 0) is 9.59 Å². The summed E-state index contributed by atoms with van der Waals surface area (Å²) in [5, 5.41) is 14.8. The van der Waals surface area contributed by atoms with Crippen molar-refractivity contribution in [2.75, 3.05) is 24.5 Å². The molecule has 1 aliphatic rings. The predicted molar refractivity (Wildman–Crippen MR) is 147 cm³/mol. The van der Waals surface area contributed by atoms with Gasteiger partial charge in [-0.25, -0.2) is 0 Å². The lowest BCUT2D eigenvalue weighted by Gasteiger charge is -2.33. The number of benzene rings is 2. The SMILES string of the molecule is Cc1cc(C(CC(c2ccc(N3CCC(C(=O)NCC(=O)O)CC3)cc2)c2ccccc2C)N=O)ccn1. The van der Waals surface area contributed by atoms with Crippen molar-refractivity contribution in [3.05, 3.63) is 99.7 Å². The number of carbonyl (C=O) groups excluding carboxylic acids is 1. The van der Waals surface area contributed by atoms with E-state index in [1.54, 1.807) is 6.20 Å². The van der Waals surface area contributed by atoms with Crippen molar-refractivity contribution in [3.8, 4) is 0 Å². The first kappa shape index (κ1) is 27.0. The Bertz CT molecular complexity index is 1270. The van der Waals surface area contributed by atoms with E-state index in [1.807, 2.05) is 31.2 Å². The number of rotatable bonds is 10. The van der Waals surface area contributed by atoms with Gasteiger partial charge in [-0.15, -0.1) is 0 Å². The van der Waals surface area contributed by atoms with Gasteiger partial charge in [0.2, 0.25) is 5.91 Å². The standard InChI is InChI=1S/C30H34N4O4/c1-20-5-3-4-6-26(20)27(18-28(33-38)24-11-14-31-21(2)17-24)22-7-9-25(10-8-22)34-15-12-23(13-16-34)30(37)32-19-29(35)36/h3-11,14,17,23,27-28H,12-13,15-16,18-19H2,1-2H3,(H,32,37)(H,35,36). The highest BCUT2D eigenvalue weighted by Crippen LogP contribution is 2.38. The summed E-state index contributed by atoms with van der Waals surface area (Å²) in [6.45, 7) is 5.11. The summed E-state index contributed by atoms with van der Waals surface area (Å²) in [5.41, 5.74) is 6.27. The first-order chi connectivity index (χ1) is 18.4. The molecular formula is C30H34N4O4. The molecule has 0 aliphatic carbocycles. The molecule has 0 spiro atoms. The lowest BCUT2D eigenvalue weighted by molar-refractivity contribution is -0.138. The monoisotopic (exact) mass is 514 g/mol. The lowest BCUT2D eigenvalue weighted by Crippen LogP contribution is -2.41. The number of carbonyl (C=O) groups is 2. The van der Waals surface area contributed by atoms with Crippen LogP contribution in [0.1, 0.15) is 59.2 Å². The number of nitrogens with zero attached hydrogens (tertiary/aromatic N) is 3. The Morgan fingerprint density at radius 2 is 1.76 bits per heavy atom. The van der Waals surface area contributed by atoms with E-state index >= 15 is 0 Å². The lowest BCUT2D eigenvalue weighted by atomic mass is 9.82. The van der Waals surface area contributed by atoms with Gasteiger partial charge >= 0.3 is 5.97 Å². The minimum Gasteiger partial charge on any atom is -0.480 e. The molecular weight excluding hydrogens is 480 g/mol. The number of amides is 1. The van der Waals surface area contributed by atoms with Crippen LogP contribution < -0.4 is 10.2 Å². The Balaban J connectivity index is 1.51. The van der Waals surface area contributed by atoms with Crippen LogP contribution in [0.2, 0.25) is 0 Å². The third kappa shape index (κ3) is 6.62. The van der Waals surface area contributed by atoms with Crippen LogP contribution in [0.5, 0.6) is 0 Å². The highest BCUT2D eigenvalue weighted by molar-refractivity contribution is 5.83. The number of hydrogen-bond donors (Lipinski definition) is 2. The number of nitroso groups, excluding NO2 is 1. The maximum atomic E-state index is 12.2. The van der Waals surface area contributed by atoms with Crippen LogP contribution in [-0.4, -0.2) is 41.6 Å². The summed E-state index contributed by atoms with van der Waals surface area (Å²) in [4.78, 5) is 41.4. The molecule has 0 saturated carbocycles. The molecule has 1 saturated heterocycles. The predicted octanol–water partition coefficient (Wildman–Crippen LogP) is 5.15. The Kier molecular flexibility index (Phi) is 8.84. The topological polar surface area (TPSA) is 112 Å². The fourth-order valence-corrected chi connectivity index (χ4v) is 5.28. The van der Waals surface area contributed by atoms with Crippen molar-refractivity contribution < 1.29 is 14.7 Å². The van der Waals surface area contributed by atoms with E-state index in [-0.39, 0.29) is 24.3 Å². The van der Waals surface area contributed by atoms with Gasteiger partial charge in [0.25, 0.3) is 0 Å². The number of pyridine rings is 1. The Labute approximate surface area is 223 Å². The maximum Gasteiger partial charge on any atom is 0.322 e. The number of carboxylic acids is 1. The fraction of sp³-hybridized carbons (Fsp3) is 0.367. The molecule has 1 amide bonds. The second-order valence-corrected chi connectivity index (χ2v) is 9.96. The first-order valence-corrected chi connectivity index (χ1v) is 13.0. The zero-order chi connectivity index (χ0) is 27.1. The number of hydrogen-bond acceptors (Lipinski definition) is 6. The van der Waals surface area contributed by atoms with Gasteiger partial charge in [-0.05, 0) is 79.6 Å². The highest BCUT2D eigenvalue weighted by Gasteiger charge is 2.27. The van der Waals surface area contributed by atoms with Crippen LogP contribution in [0.4, 0.5) is 5.69 Å². The molecule has 2 heterocycles. The molecule has 1 aromatic heterocycles. The number of aliphatic carboxylic acids is 1. The molecule has 8 heteroatoms. The van der Waals surface area contributed by atoms with Gasteiger partial charge in [-0.2, -0.15) is 4.91 Å². The van der Waals surface area contributed by atoms with Gasteiger partial charge < -0.3 is 15.3 Å². The molecule has 1 aliphatic heterocycles. The Hall–Kier alpha value is -4.07. The molecule has 2 atom stereocenters. The van der Waals surface area contributed by atoms with E-state index in [0.29, 0.717) is 19.3 Å². The normalized spacial score (nSPS) is 15.5.